The van der Waals surface area contributed by atoms with E-state index in [-0.39, 0.29) is 11.8 Å². The molecule has 0 spiro atoms. The highest BCUT2D eigenvalue weighted by molar-refractivity contribution is 7.17. The number of benzene rings is 1. The Bertz CT molecular complexity index is 578. The van der Waals surface area contributed by atoms with Crippen LogP contribution < -0.4 is 5.32 Å². The topological polar surface area (TPSA) is 38.3 Å². The zero-order chi connectivity index (χ0) is 12.5. The molecular formula is C14H15NO2S. The Labute approximate surface area is 110 Å². The van der Waals surface area contributed by atoms with Crippen LogP contribution in [0.4, 0.5) is 0 Å². The first-order valence-electron chi connectivity index (χ1n) is 6.04. The van der Waals surface area contributed by atoms with Crippen molar-refractivity contribution >= 4 is 27.3 Å². The van der Waals surface area contributed by atoms with Crippen LogP contribution in [0.1, 0.15) is 17.9 Å². The monoisotopic (exact) mass is 261 g/mol. The van der Waals surface area contributed by atoms with Crippen molar-refractivity contribution in [1.29, 1.82) is 0 Å². The van der Waals surface area contributed by atoms with Crippen LogP contribution in [0.2, 0.25) is 0 Å². The van der Waals surface area contributed by atoms with Crippen LogP contribution >= 0.6 is 11.3 Å². The number of methoxy groups -OCH3 is 1. The summed E-state index contributed by atoms with van der Waals surface area (Å²) in [5.74, 6) is 0.619. The van der Waals surface area contributed by atoms with Crippen molar-refractivity contribution < 1.29 is 9.53 Å². The van der Waals surface area contributed by atoms with Gasteiger partial charge in [-0.2, -0.15) is 0 Å². The van der Waals surface area contributed by atoms with Gasteiger partial charge in [0.2, 0.25) is 5.91 Å². The Balaban J connectivity index is 1.76. The number of carbonyl (C=O) groups is 1. The highest BCUT2D eigenvalue weighted by Gasteiger charge is 2.44. The van der Waals surface area contributed by atoms with Gasteiger partial charge in [0.15, 0.2) is 0 Å². The van der Waals surface area contributed by atoms with Crippen molar-refractivity contribution in [2.45, 2.75) is 12.3 Å². The van der Waals surface area contributed by atoms with Gasteiger partial charge in [0, 0.05) is 17.7 Å². The fraction of sp³-hybridized carbons (Fsp3) is 0.357. The van der Waals surface area contributed by atoms with Gasteiger partial charge in [-0.15, -0.1) is 11.3 Å². The molecule has 1 N–H and O–H groups in total. The van der Waals surface area contributed by atoms with Crippen LogP contribution in [0.15, 0.2) is 29.6 Å². The summed E-state index contributed by atoms with van der Waals surface area (Å²) >= 11 is 1.76. The number of nitrogens with one attached hydrogen (secondary N) is 1. The van der Waals surface area contributed by atoms with Crippen LogP contribution in [0.5, 0.6) is 0 Å². The molecule has 3 nitrogen and oxygen atoms in total. The van der Waals surface area contributed by atoms with Gasteiger partial charge >= 0.3 is 0 Å². The van der Waals surface area contributed by atoms with Gasteiger partial charge < -0.3 is 10.1 Å². The Morgan fingerprint density at radius 3 is 3.17 bits per heavy atom. The first kappa shape index (κ1) is 11.7. The molecule has 1 aromatic carbocycles. The van der Waals surface area contributed by atoms with Gasteiger partial charge in [0.05, 0.1) is 0 Å². The van der Waals surface area contributed by atoms with Gasteiger partial charge in [-0.05, 0) is 34.7 Å². The van der Waals surface area contributed by atoms with Crippen molar-refractivity contribution in [2.75, 3.05) is 13.8 Å². The first-order chi connectivity index (χ1) is 8.81. The molecule has 1 aliphatic rings. The Hall–Kier alpha value is -1.39. The molecule has 0 bridgehead atoms. The maximum absolute atomic E-state index is 11.8. The highest BCUT2D eigenvalue weighted by atomic mass is 32.1. The Kier molecular flexibility index (Phi) is 3.06. The lowest BCUT2D eigenvalue weighted by molar-refractivity contribution is -0.123. The van der Waals surface area contributed by atoms with E-state index in [1.807, 2.05) is 0 Å². The van der Waals surface area contributed by atoms with E-state index in [0.717, 1.165) is 6.42 Å². The predicted molar refractivity (Wildman–Crippen MR) is 72.7 cm³/mol. The lowest BCUT2D eigenvalue weighted by Crippen LogP contribution is -2.27. The molecule has 0 aliphatic heterocycles. The van der Waals surface area contributed by atoms with Gasteiger partial charge in [-0.1, -0.05) is 18.2 Å². The predicted octanol–water partition coefficient (Wildman–Crippen LogP) is 2.72. The largest absolute Gasteiger partial charge is 0.364 e. The minimum absolute atomic E-state index is 0.108. The van der Waals surface area contributed by atoms with Crippen molar-refractivity contribution in [2.24, 2.45) is 5.92 Å². The molecule has 18 heavy (non-hydrogen) atoms. The third-order valence-corrected chi connectivity index (χ3v) is 4.41. The summed E-state index contributed by atoms with van der Waals surface area (Å²) in [5, 5.41) is 6.27. The summed E-state index contributed by atoms with van der Waals surface area (Å²) in [5.41, 5.74) is 1.33. The number of hydrogen-bond acceptors (Lipinski definition) is 3. The summed E-state index contributed by atoms with van der Waals surface area (Å²) in [6.45, 7) is 0.298. The summed E-state index contributed by atoms with van der Waals surface area (Å²) in [6.07, 6.45) is 0.955. The fourth-order valence-electron chi connectivity index (χ4n) is 2.39. The number of ether oxygens (including phenoxy) is 1. The van der Waals surface area contributed by atoms with Gasteiger partial charge in [-0.25, -0.2) is 0 Å². The average molecular weight is 261 g/mol. The Morgan fingerprint density at radius 1 is 1.50 bits per heavy atom. The summed E-state index contributed by atoms with van der Waals surface area (Å²) in [4.78, 5) is 11.8. The zero-order valence-corrected chi connectivity index (χ0v) is 11.0. The maximum atomic E-state index is 11.8. The standard InChI is InChI=1S/C14H15NO2S/c1-17-8-15-14(16)11-6-10(11)12-7-18-13-5-3-2-4-9(12)13/h2-5,7,10-11H,6,8H2,1H3,(H,15,16). The van der Waals surface area contributed by atoms with E-state index in [1.165, 1.54) is 15.6 Å². The van der Waals surface area contributed by atoms with Crippen molar-refractivity contribution in [3.8, 4) is 0 Å². The number of thiophene rings is 1. The normalized spacial score (nSPS) is 22.1. The molecule has 2 unspecified atom stereocenters. The number of rotatable bonds is 4. The Morgan fingerprint density at radius 2 is 2.33 bits per heavy atom. The second kappa shape index (κ2) is 4.71. The van der Waals surface area contributed by atoms with E-state index in [4.69, 9.17) is 4.74 Å². The number of amides is 1. The zero-order valence-electron chi connectivity index (χ0n) is 10.2. The lowest BCUT2D eigenvalue weighted by Gasteiger charge is -2.02. The van der Waals surface area contributed by atoms with Gasteiger partial charge in [0.1, 0.15) is 6.73 Å². The molecule has 1 saturated carbocycles. The van der Waals surface area contributed by atoms with E-state index in [0.29, 0.717) is 12.6 Å². The van der Waals surface area contributed by atoms with E-state index >= 15 is 0 Å². The molecule has 0 radical (unpaired) electrons. The summed E-state index contributed by atoms with van der Waals surface area (Å²) in [7, 11) is 1.58. The second-order valence-electron chi connectivity index (χ2n) is 4.61. The number of hydrogen-bond donors (Lipinski definition) is 1. The summed E-state index contributed by atoms with van der Waals surface area (Å²) in [6, 6.07) is 8.38. The van der Waals surface area contributed by atoms with Crippen molar-refractivity contribution in [3.05, 3.63) is 35.2 Å². The smallest absolute Gasteiger partial charge is 0.225 e. The molecule has 4 heteroatoms. The third kappa shape index (κ3) is 2.02. The molecular weight excluding hydrogens is 246 g/mol. The third-order valence-electron chi connectivity index (χ3n) is 3.43. The van der Waals surface area contributed by atoms with Crippen LogP contribution in [0.25, 0.3) is 10.1 Å². The van der Waals surface area contributed by atoms with Gasteiger partial charge in [0.25, 0.3) is 0 Å². The van der Waals surface area contributed by atoms with E-state index in [1.54, 1.807) is 18.4 Å². The molecule has 1 aliphatic carbocycles. The molecule has 0 saturated heterocycles. The maximum Gasteiger partial charge on any atom is 0.225 e. The van der Waals surface area contributed by atoms with Crippen LogP contribution in [-0.2, 0) is 9.53 Å². The highest BCUT2D eigenvalue weighted by Crippen LogP contribution is 2.50. The molecule has 3 rings (SSSR count). The van der Waals surface area contributed by atoms with Crippen molar-refractivity contribution in [3.63, 3.8) is 0 Å². The lowest BCUT2D eigenvalue weighted by atomic mass is 10.1. The minimum atomic E-state index is 0.108. The molecule has 1 amide bonds. The molecule has 1 fully saturated rings. The molecule has 1 aromatic heterocycles. The molecule has 2 atom stereocenters. The molecule has 94 valence electrons. The summed E-state index contributed by atoms with van der Waals surface area (Å²) < 4.78 is 6.16. The SMILES string of the molecule is COCNC(=O)C1CC1c1csc2ccccc12. The van der Waals surface area contributed by atoms with Crippen LogP contribution in [0, 0.1) is 5.92 Å². The average Bonchev–Trinajstić information content (AvgIpc) is 3.08. The minimum Gasteiger partial charge on any atom is -0.364 e. The molecule has 1 heterocycles. The molecule has 2 aromatic rings. The van der Waals surface area contributed by atoms with Crippen molar-refractivity contribution in [1.82, 2.24) is 5.32 Å². The number of carbonyl (C=O) groups excluding carboxylic acids is 1. The fourth-order valence-corrected chi connectivity index (χ4v) is 3.41. The van der Waals surface area contributed by atoms with E-state index in [2.05, 4.69) is 35.0 Å². The van der Waals surface area contributed by atoms with Crippen LogP contribution in [-0.4, -0.2) is 19.7 Å². The second-order valence-corrected chi connectivity index (χ2v) is 5.52. The van der Waals surface area contributed by atoms with Crippen LogP contribution in [0.3, 0.4) is 0 Å². The quantitative estimate of drug-likeness (QED) is 0.859. The van der Waals surface area contributed by atoms with E-state index < -0.39 is 0 Å². The van der Waals surface area contributed by atoms with E-state index in [9.17, 15) is 4.79 Å². The van der Waals surface area contributed by atoms with Gasteiger partial charge in [-0.3, -0.25) is 4.79 Å². The number of fused-ring (bicyclic) bond motifs is 1. The first-order valence-corrected chi connectivity index (χ1v) is 6.92.